The van der Waals surface area contributed by atoms with Crippen LogP contribution in [0.3, 0.4) is 0 Å². The molecule has 92 valence electrons. The molecule has 2 rings (SSSR count). The molecule has 0 radical (unpaired) electrons. The first-order valence-electron chi connectivity index (χ1n) is 6.19. The van der Waals surface area contributed by atoms with Crippen molar-refractivity contribution in [1.29, 1.82) is 0 Å². The van der Waals surface area contributed by atoms with Gasteiger partial charge in [-0.05, 0) is 12.5 Å². The number of likely N-dealkylation sites (tertiary alicyclic amines) is 1. The third-order valence-electron chi connectivity index (χ3n) is 3.56. The van der Waals surface area contributed by atoms with Crippen LogP contribution in [0.15, 0.2) is 35.5 Å². The van der Waals surface area contributed by atoms with Crippen molar-refractivity contribution in [2.75, 3.05) is 6.54 Å². The normalized spacial score (nSPS) is 28.5. The summed E-state index contributed by atoms with van der Waals surface area (Å²) in [5.74, 6) is 0.347. The van der Waals surface area contributed by atoms with Crippen molar-refractivity contribution in [3.63, 3.8) is 0 Å². The Bertz CT molecular complexity index is 388. The van der Waals surface area contributed by atoms with Crippen molar-refractivity contribution in [1.82, 2.24) is 4.90 Å². The van der Waals surface area contributed by atoms with E-state index >= 15 is 0 Å². The van der Waals surface area contributed by atoms with Gasteiger partial charge in [0.25, 0.3) is 0 Å². The first kappa shape index (κ1) is 12.1. The molecule has 1 heterocycles. The van der Waals surface area contributed by atoms with Crippen molar-refractivity contribution < 1.29 is 5.21 Å². The molecule has 1 aromatic carbocycles. The Morgan fingerprint density at radius 3 is 2.65 bits per heavy atom. The van der Waals surface area contributed by atoms with Gasteiger partial charge in [-0.3, -0.25) is 4.90 Å². The molecule has 3 nitrogen and oxygen atoms in total. The third-order valence-corrected chi connectivity index (χ3v) is 3.56. The van der Waals surface area contributed by atoms with Gasteiger partial charge in [0.2, 0.25) is 0 Å². The minimum atomic E-state index is 0.347. The number of nitrogens with zero attached hydrogens (tertiary/aromatic N) is 2. The summed E-state index contributed by atoms with van der Waals surface area (Å²) in [5.41, 5.74) is 2.28. The predicted molar refractivity (Wildman–Crippen MR) is 69.3 cm³/mol. The van der Waals surface area contributed by atoms with Crippen LogP contribution in [0.25, 0.3) is 0 Å². The minimum Gasteiger partial charge on any atom is -0.411 e. The van der Waals surface area contributed by atoms with E-state index in [2.05, 4.69) is 48.2 Å². The molecule has 0 amide bonds. The molecule has 0 unspecified atom stereocenters. The second kappa shape index (κ2) is 5.32. The molecule has 1 aliphatic rings. The number of hydrogen-bond donors (Lipinski definition) is 1. The van der Waals surface area contributed by atoms with Gasteiger partial charge in [-0.15, -0.1) is 0 Å². The molecule has 17 heavy (non-hydrogen) atoms. The topological polar surface area (TPSA) is 35.8 Å². The zero-order valence-corrected chi connectivity index (χ0v) is 10.5. The zero-order valence-electron chi connectivity index (χ0n) is 10.5. The molecule has 0 spiro atoms. The molecular formula is C14H20N2O. The Balaban J connectivity index is 2.03. The summed E-state index contributed by atoms with van der Waals surface area (Å²) in [6.45, 7) is 6.26. The number of piperidine rings is 1. The molecule has 0 bridgehead atoms. The van der Waals surface area contributed by atoms with E-state index in [-0.39, 0.29) is 0 Å². The summed E-state index contributed by atoms with van der Waals surface area (Å²) in [7, 11) is 0. The number of oxime groups is 1. The van der Waals surface area contributed by atoms with Crippen LogP contribution in [0, 0.1) is 5.92 Å². The van der Waals surface area contributed by atoms with Gasteiger partial charge in [-0.2, -0.15) is 0 Å². The first-order chi connectivity index (χ1) is 8.20. The van der Waals surface area contributed by atoms with Gasteiger partial charge in [-0.1, -0.05) is 42.4 Å². The van der Waals surface area contributed by atoms with Gasteiger partial charge in [0.15, 0.2) is 0 Å². The molecule has 1 aromatic rings. The van der Waals surface area contributed by atoms with Crippen LogP contribution < -0.4 is 0 Å². The van der Waals surface area contributed by atoms with E-state index in [9.17, 15) is 0 Å². The molecular weight excluding hydrogens is 212 g/mol. The summed E-state index contributed by atoms with van der Waals surface area (Å²) >= 11 is 0. The van der Waals surface area contributed by atoms with E-state index in [4.69, 9.17) is 5.21 Å². The van der Waals surface area contributed by atoms with E-state index in [0.717, 1.165) is 25.2 Å². The first-order valence-corrected chi connectivity index (χ1v) is 6.19. The highest BCUT2D eigenvalue weighted by molar-refractivity contribution is 5.87. The lowest BCUT2D eigenvalue weighted by Gasteiger charge is -2.37. The SMILES string of the molecule is C[C@@H]1CN(Cc2ccccc2)[C@H](C)C/C1=N\O. The zero-order chi connectivity index (χ0) is 12.3. The second-order valence-electron chi connectivity index (χ2n) is 4.96. The standard InChI is InChI=1S/C14H20N2O/c1-11-9-16(12(2)8-14(11)15-17)10-13-6-4-3-5-7-13/h3-7,11-12,17H,8-10H2,1-2H3/b15-14+/t11-,12-/m1/s1. The van der Waals surface area contributed by atoms with E-state index in [1.807, 2.05) is 6.07 Å². The Hall–Kier alpha value is -1.35. The Kier molecular flexibility index (Phi) is 3.79. The lowest BCUT2D eigenvalue weighted by molar-refractivity contribution is 0.168. The van der Waals surface area contributed by atoms with Crippen molar-refractivity contribution in [2.24, 2.45) is 11.1 Å². The lowest BCUT2D eigenvalue weighted by Crippen LogP contribution is -2.44. The molecule has 1 aliphatic heterocycles. The van der Waals surface area contributed by atoms with Crippen molar-refractivity contribution in [2.45, 2.75) is 32.9 Å². The van der Waals surface area contributed by atoms with Crippen LogP contribution in [0.1, 0.15) is 25.8 Å². The molecule has 3 heteroatoms. The Morgan fingerprint density at radius 2 is 2.00 bits per heavy atom. The smallest absolute Gasteiger partial charge is 0.0627 e. The fourth-order valence-corrected chi connectivity index (χ4v) is 2.45. The molecule has 0 aromatic heterocycles. The second-order valence-corrected chi connectivity index (χ2v) is 4.96. The fraction of sp³-hybridized carbons (Fsp3) is 0.500. The monoisotopic (exact) mass is 232 g/mol. The van der Waals surface area contributed by atoms with Gasteiger partial charge in [0.05, 0.1) is 5.71 Å². The van der Waals surface area contributed by atoms with Crippen LogP contribution in [0.5, 0.6) is 0 Å². The van der Waals surface area contributed by atoms with Crippen LogP contribution in [-0.2, 0) is 6.54 Å². The Labute approximate surface area is 103 Å². The number of benzene rings is 1. The van der Waals surface area contributed by atoms with Gasteiger partial charge in [0, 0.05) is 31.5 Å². The highest BCUT2D eigenvalue weighted by Crippen LogP contribution is 2.21. The minimum absolute atomic E-state index is 0.347. The maximum Gasteiger partial charge on any atom is 0.0627 e. The van der Waals surface area contributed by atoms with E-state index in [1.165, 1.54) is 5.56 Å². The predicted octanol–water partition coefficient (Wildman–Crippen LogP) is 2.75. The van der Waals surface area contributed by atoms with Crippen molar-refractivity contribution in [3.05, 3.63) is 35.9 Å². The molecule has 1 N–H and O–H groups in total. The average Bonchev–Trinajstić information content (AvgIpc) is 2.34. The van der Waals surface area contributed by atoms with Crippen LogP contribution >= 0.6 is 0 Å². The maximum absolute atomic E-state index is 8.92. The highest BCUT2D eigenvalue weighted by atomic mass is 16.4. The van der Waals surface area contributed by atoms with Gasteiger partial charge < -0.3 is 5.21 Å². The largest absolute Gasteiger partial charge is 0.411 e. The molecule has 1 fully saturated rings. The Morgan fingerprint density at radius 1 is 1.29 bits per heavy atom. The summed E-state index contributed by atoms with van der Waals surface area (Å²) in [5, 5.41) is 12.3. The van der Waals surface area contributed by atoms with Gasteiger partial charge >= 0.3 is 0 Å². The lowest BCUT2D eigenvalue weighted by atomic mass is 9.92. The van der Waals surface area contributed by atoms with Crippen LogP contribution in [0.4, 0.5) is 0 Å². The van der Waals surface area contributed by atoms with Gasteiger partial charge in [-0.25, -0.2) is 0 Å². The van der Waals surface area contributed by atoms with E-state index < -0.39 is 0 Å². The number of hydrogen-bond acceptors (Lipinski definition) is 3. The summed E-state index contributed by atoms with van der Waals surface area (Å²) in [4.78, 5) is 2.45. The molecule has 0 saturated carbocycles. The van der Waals surface area contributed by atoms with E-state index in [0.29, 0.717) is 12.0 Å². The van der Waals surface area contributed by atoms with Crippen molar-refractivity contribution in [3.8, 4) is 0 Å². The maximum atomic E-state index is 8.92. The third kappa shape index (κ3) is 2.86. The number of rotatable bonds is 2. The summed E-state index contributed by atoms with van der Waals surface area (Å²) < 4.78 is 0. The summed E-state index contributed by atoms with van der Waals surface area (Å²) in [6, 6.07) is 11.0. The van der Waals surface area contributed by atoms with Crippen molar-refractivity contribution >= 4 is 5.71 Å². The summed E-state index contributed by atoms with van der Waals surface area (Å²) in [6.07, 6.45) is 0.866. The average molecular weight is 232 g/mol. The quantitative estimate of drug-likeness (QED) is 0.628. The molecule has 2 atom stereocenters. The molecule has 0 aliphatic carbocycles. The fourth-order valence-electron chi connectivity index (χ4n) is 2.45. The van der Waals surface area contributed by atoms with Gasteiger partial charge in [0.1, 0.15) is 0 Å². The van der Waals surface area contributed by atoms with E-state index in [1.54, 1.807) is 0 Å². The molecule has 1 saturated heterocycles. The van der Waals surface area contributed by atoms with Crippen LogP contribution in [-0.4, -0.2) is 28.4 Å². The highest BCUT2D eigenvalue weighted by Gasteiger charge is 2.27. The van der Waals surface area contributed by atoms with Crippen LogP contribution in [0.2, 0.25) is 0 Å².